The molecule has 1 aromatic carbocycles. The fourth-order valence-corrected chi connectivity index (χ4v) is 1.49. The lowest BCUT2D eigenvalue weighted by Crippen LogP contribution is -2.14. The molecule has 20 heavy (non-hydrogen) atoms. The molecule has 0 atom stereocenters. The van der Waals surface area contributed by atoms with Gasteiger partial charge in [-0.05, 0) is 18.2 Å². The summed E-state index contributed by atoms with van der Waals surface area (Å²) in [6.45, 7) is 0. The van der Waals surface area contributed by atoms with E-state index in [1.165, 1.54) is 30.4 Å². The minimum atomic E-state index is -1.09. The van der Waals surface area contributed by atoms with Gasteiger partial charge in [-0.25, -0.2) is 4.39 Å². The van der Waals surface area contributed by atoms with Gasteiger partial charge in [0.15, 0.2) is 0 Å². The van der Waals surface area contributed by atoms with Crippen LogP contribution in [0.15, 0.2) is 29.1 Å². The van der Waals surface area contributed by atoms with E-state index in [9.17, 15) is 24.4 Å². The molecule has 0 aliphatic rings. The Morgan fingerprint density at radius 1 is 1.35 bits per heavy atom. The van der Waals surface area contributed by atoms with E-state index < -0.39 is 27.9 Å². The highest BCUT2D eigenvalue weighted by Gasteiger charge is 2.21. The van der Waals surface area contributed by atoms with Crippen molar-refractivity contribution in [3.63, 3.8) is 0 Å². The summed E-state index contributed by atoms with van der Waals surface area (Å²) >= 11 is 0. The molecule has 8 heteroatoms. The summed E-state index contributed by atoms with van der Waals surface area (Å²) in [5.74, 6) is -1.59. The second-order valence-electron chi connectivity index (χ2n) is 3.74. The molecule has 0 spiro atoms. The lowest BCUT2D eigenvalue weighted by molar-refractivity contribution is -0.387. The SMILES string of the molecule is O=c1[nH]c(/C=C/c2ccccc2F)nc(O)c1[N+](=O)[O-]. The molecule has 0 aliphatic carbocycles. The van der Waals surface area contributed by atoms with Gasteiger partial charge in [-0.15, -0.1) is 0 Å². The third-order valence-corrected chi connectivity index (χ3v) is 2.40. The number of aromatic nitrogens is 2. The zero-order valence-corrected chi connectivity index (χ0v) is 9.91. The van der Waals surface area contributed by atoms with Crippen LogP contribution in [0.2, 0.25) is 0 Å². The quantitative estimate of drug-likeness (QED) is 0.655. The molecule has 7 nitrogen and oxygen atoms in total. The van der Waals surface area contributed by atoms with E-state index in [1.54, 1.807) is 6.07 Å². The van der Waals surface area contributed by atoms with Crippen LogP contribution in [0, 0.1) is 15.9 Å². The highest BCUT2D eigenvalue weighted by Crippen LogP contribution is 2.17. The molecule has 0 amide bonds. The number of halogens is 1. The molecule has 0 radical (unpaired) electrons. The van der Waals surface area contributed by atoms with Crippen molar-refractivity contribution in [1.82, 2.24) is 9.97 Å². The molecule has 0 unspecified atom stereocenters. The lowest BCUT2D eigenvalue weighted by atomic mass is 10.2. The lowest BCUT2D eigenvalue weighted by Gasteiger charge is -1.97. The van der Waals surface area contributed by atoms with Gasteiger partial charge in [0.25, 0.3) is 5.88 Å². The van der Waals surface area contributed by atoms with E-state index in [4.69, 9.17) is 0 Å². The minimum absolute atomic E-state index is 0.124. The number of nitrogens with one attached hydrogen (secondary N) is 1. The fourth-order valence-electron chi connectivity index (χ4n) is 1.49. The molecule has 0 fully saturated rings. The van der Waals surface area contributed by atoms with Gasteiger partial charge in [-0.2, -0.15) is 4.98 Å². The molecule has 2 aromatic rings. The Morgan fingerprint density at radius 2 is 2.05 bits per heavy atom. The topological polar surface area (TPSA) is 109 Å². The fraction of sp³-hybridized carbons (Fsp3) is 0. The number of hydrogen-bond donors (Lipinski definition) is 2. The maximum Gasteiger partial charge on any atom is 0.395 e. The molecular weight excluding hydrogens is 269 g/mol. The number of nitro groups is 1. The Hall–Kier alpha value is -3.03. The third kappa shape index (κ3) is 2.69. The van der Waals surface area contributed by atoms with Crippen molar-refractivity contribution in [2.45, 2.75) is 0 Å². The van der Waals surface area contributed by atoms with E-state index in [0.717, 1.165) is 0 Å². The Bertz CT molecular complexity index is 755. The van der Waals surface area contributed by atoms with E-state index in [1.807, 2.05) is 0 Å². The zero-order chi connectivity index (χ0) is 14.7. The molecule has 1 aromatic heterocycles. The molecule has 2 N–H and O–H groups in total. The number of aromatic amines is 1. The predicted molar refractivity (Wildman–Crippen MR) is 68.5 cm³/mol. The molecule has 0 aliphatic heterocycles. The van der Waals surface area contributed by atoms with Crippen molar-refractivity contribution in [3.8, 4) is 5.88 Å². The Kier molecular flexibility index (Phi) is 3.56. The number of hydrogen-bond acceptors (Lipinski definition) is 5. The first-order valence-corrected chi connectivity index (χ1v) is 5.39. The first kappa shape index (κ1) is 13.4. The van der Waals surface area contributed by atoms with Crippen molar-refractivity contribution in [1.29, 1.82) is 0 Å². The standard InChI is InChI=1S/C12H8FN3O4/c13-8-4-2-1-3-7(8)5-6-9-14-11(17)10(16(19)20)12(18)15-9/h1-6H,(H2,14,15,17,18)/b6-5+. The van der Waals surface area contributed by atoms with Crippen LogP contribution in [0.4, 0.5) is 10.1 Å². The van der Waals surface area contributed by atoms with Crippen LogP contribution in [0.25, 0.3) is 12.2 Å². The average molecular weight is 277 g/mol. The number of H-pyrrole nitrogens is 1. The Balaban J connectivity index is 2.39. The Labute approximate surface area is 111 Å². The van der Waals surface area contributed by atoms with Crippen LogP contribution in [0.5, 0.6) is 5.88 Å². The van der Waals surface area contributed by atoms with E-state index in [2.05, 4.69) is 9.97 Å². The normalized spacial score (nSPS) is 10.8. The van der Waals surface area contributed by atoms with Gasteiger partial charge >= 0.3 is 11.2 Å². The van der Waals surface area contributed by atoms with Gasteiger partial charge in [0.05, 0.1) is 4.92 Å². The van der Waals surface area contributed by atoms with Gasteiger partial charge in [-0.1, -0.05) is 18.2 Å². The smallest absolute Gasteiger partial charge is 0.395 e. The van der Waals surface area contributed by atoms with Crippen LogP contribution in [-0.4, -0.2) is 20.0 Å². The number of nitrogens with zero attached hydrogens (tertiary/aromatic N) is 2. The van der Waals surface area contributed by atoms with Crippen LogP contribution < -0.4 is 5.56 Å². The summed E-state index contributed by atoms with van der Waals surface area (Å²) < 4.78 is 13.3. The van der Waals surface area contributed by atoms with Crippen LogP contribution in [-0.2, 0) is 0 Å². The third-order valence-electron chi connectivity index (χ3n) is 2.40. The van der Waals surface area contributed by atoms with Gasteiger partial charge in [0, 0.05) is 5.56 Å². The van der Waals surface area contributed by atoms with Crippen molar-refractivity contribution >= 4 is 17.8 Å². The molecule has 0 saturated heterocycles. The molecule has 0 saturated carbocycles. The van der Waals surface area contributed by atoms with E-state index >= 15 is 0 Å². The van der Waals surface area contributed by atoms with Crippen LogP contribution in [0.1, 0.15) is 11.4 Å². The van der Waals surface area contributed by atoms with E-state index in [-0.39, 0.29) is 11.4 Å². The summed E-state index contributed by atoms with van der Waals surface area (Å²) in [6.07, 6.45) is 2.54. The van der Waals surface area contributed by atoms with E-state index in [0.29, 0.717) is 0 Å². The van der Waals surface area contributed by atoms with Gasteiger partial charge in [0.1, 0.15) is 11.6 Å². The Morgan fingerprint density at radius 3 is 2.65 bits per heavy atom. The van der Waals surface area contributed by atoms with Gasteiger partial charge in [0.2, 0.25) is 0 Å². The summed E-state index contributed by atoms with van der Waals surface area (Å²) in [4.78, 5) is 26.4. The summed E-state index contributed by atoms with van der Waals surface area (Å²) in [7, 11) is 0. The second kappa shape index (κ2) is 5.31. The summed E-state index contributed by atoms with van der Waals surface area (Å²) in [6, 6.07) is 5.88. The van der Waals surface area contributed by atoms with Crippen LogP contribution in [0.3, 0.4) is 0 Å². The molecule has 0 bridgehead atoms. The minimum Gasteiger partial charge on any atom is -0.488 e. The van der Waals surface area contributed by atoms with Crippen molar-refractivity contribution in [3.05, 3.63) is 61.9 Å². The van der Waals surface area contributed by atoms with Crippen molar-refractivity contribution in [2.75, 3.05) is 0 Å². The monoisotopic (exact) mass is 277 g/mol. The molecule has 1 heterocycles. The van der Waals surface area contributed by atoms with Crippen LogP contribution >= 0.6 is 0 Å². The summed E-state index contributed by atoms with van der Waals surface area (Å²) in [5, 5.41) is 19.8. The predicted octanol–water partition coefficient (Wildman–Crippen LogP) is 1.69. The maximum atomic E-state index is 13.3. The highest BCUT2D eigenvalue weighted by molar-refractivity contribution is 5.67. The summed E-state index contributed by atoms with van der Waals surface area (Å²) in [5.41, 5.74) is -1.88. The van der Waals surface area contributed by atoms with Crippen molar-refractivity contribution in [2.24, 2.45) is 0 Å². The van der Waals surface area contributed by atoms with Gasteiger partial charge in [-0.3, -0.25) is 14.9 Å². The maximum absolute atomic E-state index is 13.3. The first-order valence-electron chi connectivity index (χ1n) is 5.39. The molecule has 2 rings (SSSR count). The highest BCUT2D eigenvalue weighted by atomic mass is 19.1. The largest absolute Gasteiger partial charge is 0.488 e. The second-order valence-corrected chi connectivity index (χ2v) is 3.74. The van der Waals surface area contributed by atoms with Gasteiger partial charge < -0.3 is 10.1 Å². The average Bonchev–Trinajstić information content (AvgIpc) is 2.36. The molecule has 102 valence electrons. The number of aromatic hydroxyl groups is 1. The zero-order valence-electron chi connectivity index (χ0n) is 9.91. The first-order chi connectivity index (χ1) is 9.49. The number of rotatable bonds is 3. The van der Waals surface area contributed by atoms with Crippen molar-refractivity contribution < 1.29 is 14.4 Å². The molecular formula is C12H8FN3O4. The number of benzene rings is 1.